The lowest BCUT2D eigenvalue weighted by Crippen LogP contribution is -2.47. The third kappa shape index (κ3) is 5.83. The van der Waals surface area contributed by atoms with Crippen molar-refractivity contribution in [3.05, 3.63) is 0 Å². The number of hydrazine groups is 1. The largest absolute Gasteiger partial charge is 0.383 e. The van der Waals surface area contributed by atoms with Crippen LogP contribution in [0, 0.1) is 5.41 Å². The predicted molar refractivity (Wildman–Crippen MR) is 71.9 cm³/mol. The molecule has 7 heteroatoms. The van der Waals surface area contributed by atoms with Gasteiger partial charge in [0.05, 0.1) is 18.6 Å². The van der Waals surface area contributed by atoms with Crippen LogP contribution < -0.4 is 21.9 Å². The van der Waals surface area contributed by atoms with Crippen LogP contribution in [0.15, 0.2) is 4.99 Å². The van der Waals surface area contributed by atoms with Crippen LogP contribution >= 0.6 is 0 Å². The van der Waals surface area contributed by atoms with E-state index in [0.29, 0.717) is 19.1 Å². The van der Waals surface area contributed by atoms with E-state index in [1.54, 1.807) is 14.2 Å². The second-order valence-electron chi connectivity index (χ2n) is 4.77. The third-order valence-corrected chi connectivity index (χ3v) is 2.41. The van der Waals surface area contributed by atoms with Gasteiger partial charge in [-0.2, -0.15) is 0 Å². The summed E-state index contributed by atoms with van der Waals surface area (Å²) in [5, 5.41) is 5.66. The molecule has 1 atom stereocenters. The molecule has 1 amide bonds. The van der Waals surface area contributed by atoms with Crippen LogP contribution in [0.5, 0.6) is 0 Å². The molecule has 0 aliphatic heterocycles. The first-order chi connectivity index (χ1) is 8.37. The minimum atomic E-state index is -0.580. The average Bonchev–Trinajstić information content (AvgIpc) is 2.33. The monoisotopic (exact) mass is 259 g/mol. The van der Waals surface area contributed by atoms with E-state index in [0.717, 1.165) is 0 Å². The zero-order valence-corrected chi connectivity index (χ0v) is 11.8. The number of ether oxygens (including phenoxy) is 1. The minimum Gasteiger partial charge on any atom is -0.383 e. The number of rotatable bonds is 6. The molecule has 0 saturated carbocycles. The summed E-state index contributed by atoms with van der Waals surface area (Å²) in [6.45, 7) is 6.46. The van der Waals surface area contributed by atoms with Crippen LogP contribution in [-0.4, -0.2) is 45.2 Å². The number of methoxy groups -OCH3 is 1. The van der Waals surface area contributed by atoms with Gasteiger partial charge in [0.2, 0.25) is 11.9 Å². The van der Waals surface area contributed by atoms with Crippen LogP contribution in [-0.2, 0) is 9.53 Å². The molecule has 0 aliphatic carbocycles. The molecule has 106 valence electrons. The van der Waals surface area contributed by atoms with Crippen molar-refractivity contribution in [2.24, 2.45) is 16.3 Å². The Balaban J connectivity index is 4.48. The molecule has 0 aliphatic rings. The van der Waals surface area contributed by atoms with Crippen molar-refractivity contribution in [1.82, 2.24) is 16.1 Å². The van der Waals surface area contributed by atoms with Gasteiger partial charge in [0.15, 0.2) is 0 Å². The number of nitrogens with one attached hydrogen (secondary N) is 3. The molecule has 1 unspecified atom stereocenters. The summed E-state index contributed by atoms with van der Waals surface area (Å²) in [6.07, 6.45) is 0. The van der Waals surface area contributed by atoms with E-state index in [1.807, 2.05) is 20.8 Å². The Morgan fingerprint density at radius 1 is 1.50 bits per heavy atom. The lowest BCUT2D eigenvalue weighted by molar-refractivity contribution is -0.128. The second kappa shape index (κ2) is 7.88. The number of carbonyl (C=O) groups is 1. The zero-order chi connectivity index (χ0) is 14.2. The molecule has 0 heterocycles. The minimum absolute atomic E-state index is 0.0624. The lowest BCUT2D eigenvalue weighted by Gasteiger charge is -2.21. The number of guanidine groups is 1. The molecule has 0 bridgehead atoms. The van der Waals surface area contributed by atoms with Crippen molar-refractivity contribution < 1.29 is 9.53 Å². The van der Waals surface area contributed by atoms with Gasteiger partial charge in [-0.3, -0.25) is 15.2 Å². The van der Waals surface area contributed by atoms with Crippen molar-refractivity contribution in [2.45, 2.75) is 26.8 Å². The van der Waals surface area contributed by atoms with Crippen LogP contribution in [0.2, 0.25) is 0 Å². The fourth-order valence-corrected chi connectivity index (χ4v) is 1.34. The number of hydrogen-bond donors (Lipinski definition) is 4. The summed E-state index contributed by atoms with van der Waals surface area (Å²) in [6, 6.07) is 0.0768. The molecule has 18 heavy (non-hydrogen) atoms. The van der Waals surface area contributed by atoms with Gasteiger partial charge < -0.3 is 15.4 Å². The molecule has 0 radical (unpaired) electrons. The van der Waals surface area contributed by atoms with E-state index >= 15 is 0 Å². The van der Waals surface area contributed by atoms with Crippen molar-refractivity contribution in [3.63, 3.8) is 0 Å². The highest BCUT2D eigenvalue weighted by Crippen LogP contribution is 2.14. The Morgan fingerprint density at radius 3 is 2.56 bits per heavy atom. The van der Waals surface area contributed by atoms with E-state index in [4.69, 9.17) is 10.6 Å². The number of carbonyl (C=O) groups excluding carboxylic acids is 1. The smallest absolute Gasteiger partial charge is 0.227 e. The molecule has 0 aromatic carbocycles. The van der Waals surface area contributed by atoms with Crippen molar-refractivity contribution in [1.29, 1.82) is 0 Å². The van der Waals surface area contributed by atoms with Crippen molar-refractivity contribution in [3.8, 4) is 0 Å². The Morgan fingerprint density at radius 2 is 2.11 bits per heavy atom. The first kappa shape index (κ1) is 16.7. The summed E-state index contributed by atoms with van der Waals surface area (Å²) in [5.41, 5.74) is 1.89. The first-order valence-corrected chi connectivity index (χ1v) is 5.86. The maximum Gasteiger partial charge on any atom is 0.227 e. The molecule has 0 aromatic heterocycles. The molecule has 0 spiro atoms. The van der Waals surface area contributed by atoms with Gasteiger partial charge in [-0.25, -0.2) is 5.84 Å². The Labute approximate surface area is 109 Å². The molecule has 5 N–H and O–H groups in total. The number of nitrogens with zero attached hydrogens (tertiary/aromatic N) is 1. The molecule has 0 fully saturated rings. The van der Waals surface area contributed by atoms with Crippen LogP contribution in [0.3, 0.4) is 0 Å². The second-order valence-corrected chi connectivity index (χ2v) is 4.77. The number of aliphatic imine (C=N–C) groups is 1. The summed E-state index contributed by atoms with van der Waals surface area (Å²) in [7, 11) is 3.23. The Kier molecular flexibility index (Phi) is 7.30. The van der Waals surface area contributed by atoms with Crippen LogP contribution in [0.25, 0.3) is 0 Å². The van der Waals surface area contributed by atoms with Crippen molar-refractivity contribution in [2.75, 3.05) is 27.3 Å². The molecular weight excluding hydrogens is 234 g/mol. The highest BCUT2D eigenvalue weighted by molar-refractivity contribution is 5.83. The first-order valence-electron chi connectivity index (χ1n) is 5.86. The Hall–Kier alpha value is -1.34. The van der Waals surface area contributed by atoms with E-state index in [1.165, 1.54) is 0 Å². The van der Waals surface area contributed by atoms with Gasteiger partial charge in [-0.05, 0) is 20.8 Å². The maximum atomic E-state index is 11.6. The molecule has 0 aromatic rings. The maximum absolute atomic E-state index is 11.6. The SMILES string of the molecule is CNC(=O)C(C)(C)CN=C(NN)NC(C)COC. The summed E-state index contributed by atoms with van der Waals surface area (Å²) in [4.78, 5) is 15.8. The zero-order valence-electron chi connectivity index (χ0n) is 11.8. The van der Waals surface area contributed by atoms with E-state index in [2.05, 4.69) is 21.1 Å². The topological polar surface area (TPSA) is 101 Å². The van der Waals surface area contributed by atoms with E-state index in [9.17, 15) is 4.79 Å². The van der Waals surface area contributed by atoms with Gasteiger partial charge in [-0.1, -0.05) is 0 Å². The van der Waals surface area contributed by atoms with Gasteiger partial charge in [0.25, 0.3) is 0 Å². The van der Waals surface area contributed by atoms with Crippen molar-refractivity contribution >= 4 is 11.9 Å². The molecule has 0 rings (SSSR count). The fraction of sp³-hybridized carbons (Fsp3) is 0.818. The fourth-order valence-electron chi connectivity index (χ4n) is 1.34. The van der Waals surface area contributed by atoms with E-state index < -0.39 is 5.41 Å². The lowest BCUT2D eigenvalue weighted by atomic mass is 9.93. The highest BCUT2D eigenvalue weighted by atomic mass is 16.5. The third-order valence-electron chi connectivity index (χ3n) is 2.41. The van der Waals surface area contributed by atoms with Crippen LogP contribution in [0.1, 0.15) is 20.8 Å². The molecular formula is C11H25N5O2. The highest BCUT2D eigenvalue weighted by Gasteiger charge is 2.26. The average molecular weight is 259 g/mol. The number of amides is 1. The summed E-state index contributed by atoms with van der Waals surface area (Å²) in [5.74, 6) is 5.75. The van der Waals surface area contributed by atoms with Gasteiger partial charge in [0, 0.05) is 20.2 Å². The molecule has 7 nitrogen and oxygen atoms in total. The number of nitrogens with two attached hydrogens (primary N) is 1. The molecule has 0 saturated heterocycles. The standard InChI is InChI=1S/C11H25N5O2/c1-8(6-18-5)15-10(16-12)14-7-11(2,3)9(17)13-4/h8H,6-7,12H2,1-5H3,(H,13,17)(H2,14,15,16). The van der Waals surface area contributed by atoms with Gasteiger partial charge >= 0.3 is 0 Å². The number of hydrogen-bond acceptors (Lipinski definition) is 4. The normalized spacial score (nSPS) is 14.0. The van der Waals surface area contributed by atoms with Gasteiger partial charge in [0.1, 0.15) is 0 Å². The van der Waals surface area contributed by atoms with E-state index in [-0.39, 0.29) is 11.9 Å². The quantitative estimate of drug-likeness (QED) is 0.217. The summed E-state index contributed by atoms with van der Waals surface area (Å²) >= 11 is 0. The summed E-state index contributed by atoms with van der Waals surface area (Å²) < 4.78 is 5.00. The van der Waals surface area contributed by atoms with Gasteiger partial charge in [-0.15, -0.1) is 0 Å². The van der Waals surface area contributed by atoms with Crippen LogP contribution in [0.4, 0.5) is 0 Å². The predicted octanol–water partition coefficient (Wildman–Crippen LogP) is -0.798. The Bertz CT molecular complexity index is 291.